The fraction of sp³-hybridized carbons (Fsp3) is 0.444. The van der Waals surface area contributed by atoms with E-state index >= 15 is 0 Å². The second-order valence-corrected chi connectivity index (χ2v) is 6.42. The van der Waals surface area contributed by atoms with Crippen LogP contribution < -0.4 is 0 Å². The standard InChI is InChI=1S/C18H23N3O2/c1-11-5-6-12(2)15(7-11)17-9-21(14(4)10-23-17)18(22)16-8-13(3)19-20-16/h5-8,14,17H,9-10H2,1-4H3,(H,19,20)/t14-,17+/m1/s1. The fourth-order valence-corrected chi connectivity index (χ4v) is 3.01. The van der Waals surface area contributed by atoms with Crippen LogP contribution in [0, 0.1) is 20.8 Å². The molecule has 3 rings (SSSR count). The number of carbonyl (C=O) groups excluding carboxylic acids is 1. The average Bonchev–Trinajstić information content (AvgIpc) is 2.96. The Labute approximate surface area is 136 Å². The van der Waals surface area contributed by atoms with Gasteiger partial charge in [0.05, 0.1) is 19.2 Å². The third-order valence-corrected chi connectivity index (χ3v) is 4.40. The van der Waals surface area contributed by atoms with Crippen molar-refractivity contribution in [3.05, 3.63) is 52.3 Å². The van der Waals surface area contributed by atoms with E-state index in [-0.39, 0.29) is 18.1 Å². The second-order valence-electron chi connectivity index (χ2n) is 6.42. The summed E-state index contributed by atoms with van der Waals surface area (Å²) in [5.41, 5.74) is 4.91. The van der Waals surface area contributed by atoms with E-state index in [1.165, 1.54) is 11.1 Å². The van der Waals surface area contributed by atoms with Crippen LogP contribution in [0.3, 0.4) is 0 Å². The van der Waals surface area contributed by atoms with Gasteiger partial charge in [-0.2, -0.15) is 5.10 Å². The van der Waals surface area contributed by atoms with Crippen LogP contribution in [-0.4, -0.2) is 40.2 Å². The second kappa shape index (κ2) is 6.16. The highest BCUT2D eigenvalue weighted by Crippen LogP contribution is 2.28. The fourth-order valence-electron chi connectivity index (χ4n) is 3.01. The number of morpholine rings is 1. The molecule has 2 aromatic rings. The molecule has 2 heterocycles. The Kier molecular flexibility index (Phi) is 4.22. The maximum absolute atomic E-state index is 12.7. The number of aromatic nitrogens is 2. The molecule has 0 spiro atoms. The van der Waals surface area contributed by atoms with Gasteiger partial charge in [-0.25, -0.2) is 0 Å². The van der Waals surface area contributed by atoms with Crippen molar-refractivity contribution in [2.24, 2.45) is 0 Å². The molecule has 5 nitrogen and oxygen atoms in total. The third kappa shape index (κ3) is 3.15. The molecule has 1 saturated heterocycles. The number of rotatable bonds is 2. The number of H-pyrrole nitrogens is 1. The van der Waals surface area contributed by atoms with Crippen molar-refractivity contribution in [2.45, 2.75) is 39.8 Å². The molecular weight excluding hydrogens is 290 g/mol. The lowest BCUT2D eigenvalue weighted by Gasteiger charge is -2.38. The number of amides is 1. The summed E-state index contributed by atoms with van der Waals surface area (Å²) >= 11 is 0. The number of benzene rings is 1. The van der Waals surface area contributed by atoms with Gasteiger partial charge in [-0.05, 0) is 44.9 Å². The van der Waals surface area contributed by atoms with Crippen LogP contribution in [0.25, 0.3) is 0 Å². The van der Waals surface area contributed by atoms with Gasteiger partial charge in [0.2, 0.25) is 0 Å². The van der Waals surface area contributed by atoms with Crippen molar-refractivity contribution >= 4 is 5.91 Å². The zero-order valence-electron chi connectivity index (χ0n) is 14.1. The molecule has 1 amide bonds. The number of aryl methyl sites for hydroxylation is 3. The smallest absolute Gasteiger partial charge is 0.274 e. The van der Waals surface area contributed by atoms with E-state index in [1.807, 2.05) is 18.7 Å². The van der Waals surface area contributed by atoms with E-state index in [9.17, 15) is 4.79 Å². The van der Waals surface area contributed by atoms with Gasteiger partial charge >= 0.3 is 0 Å². The summed E-state index contributed by atoms with van der Waals surface area (Å²) < 4.78 is 6.01. The number of nitrogens with zero attached hydrogens (tertiary/aromatic N) is 2. The van der Waals surface area contributed by atoms with Gasteiger partial charge in [-0.15, -0.1) is 0 Å². The molecule has 5 heteroatoms. The molecule has 0 unspecified atom stereocenters. The minimum Gasteiger partial charge on any atom is -0.370 e. The predicted molar refractivity (Wildman–Crippen MR) is 88.4 cm³/mol. The van der Waals surface area contributed by atoms with Crippen molar-refractivity contribution in [1.29, 1.82) is 0 Å². The molecule has 2 atom stereocenters. The molecule has 0 bridgehead atoms. The van der Waals surface area contributed by atoms with Crippen LogP contribution in [0.5, 0.6) is 0 Å². The van der Waals surface area contributed by atoms with Crippen LogP contribution in [0.2, 0.25) is 0 Å². The van der Waals surface area contributed by atoms with Gasteiger partial charge in [0, 0.05) is 5.69 Å². The Morgan fingerprint density at radius 2 is 2.09 bits per heavy atom. The first kappa shape index (κ1) is 15.7. The summed E-state index contributed by atoms with van der Waals surface area (Å²) in [5, 5.41) is 6.93. The number of aromatic amines is 1. The van der Waals surface area contributed by atoms with Crippen molar-refractivity contribution < 1.29 is 9.53 Å². The van der Waals surface area contributed by atoms with Crippen molar-refractivity contribution in [3.63, 3.8) is 0 Å². The molecule has 1 aromatic carbocycles. The molecule has 1 aliphatic rings. The Morgan fingerprint density at radius 1 is 1.30 bits per heavy atom. The first-order chi connectivity index (χ1) is 11.0. The Hall–Kier alpha value is -2.14. The highest BCUT2D eigenvalue weighted by atomic mass is 16.5. The number of hydrogen-bond donors (Lipinski definition) is 1. The maximum atomic E-state index is 12.7. The summed E-state index contributed by atoms with van der Waals surface area (Å²) in [7, 11) is 0. The van der Waals surface area contributed by atoms with Gasteiger partial charge in [0.15, 0.2) is 0 Å². The molecule has 1 N–H and O–H groups in total. The van der Waals surface area contributed by atoms with Crippen LogP contribution >= 0.6 is 0 Å². The molecule has 1 fully saturated rings. The summed E-state index contributed by atoms with van der Waals surface area (Å²) in [6.45, 7) is 9.15. The zero-order chi connectivity index (χ0) is 16.6. The lowest BCUT2D eigenvalue weighted by molar-refractivity contribution is -0.0491. The van der Waals surface area contributed by atoms with Gasteiger partial charge in [0.25, 0.3) is 5.91 Å². The molecule has 1 aliphatic heterocycles. The summed E-state index contributed by atoms with van der Waals surface area (Å²) in [4.78, 5) is 14.6. The third-order valence-electron chi connectivity index (χ3n) is 4.40. The molecule has 0 saturated carbocycles. The van der Waals surface area contributed by atoms with Crippen molar-refractivity contribution in [3.8, 4) is 0 Å². The summed E-state index contributed by atoms with van der Waals surface area (Å²) in [6.07, 6.45) is -0.0879. The van der Waals surface area contributed by atoms with E-state index in [4.69, 9.17) is 4.74 Å². The van der Waals surface area contributed by atoms with E-state index < -0.39 is 0 Å². The van der Waals surface area contributed by atoms with Gasteiger partial charge in [-0.1, -0.05) is 23.8 Å². The molecule has 122 valence electrons. The Morgan fingerprint density at radius 3 is 2.78 bits per heavy atom. The predicted octanol–water partition coefficient (Wildman–Crippen LogP) is 2.94. The topological polar surface area (TPSA) is 58.2 Å². The maximum Gasteiger partial charge on any atom is 0.274 e. The molecule has 23 heavy (non-hydrogen) atoms. The van der Waals surface area contributed by atoms with Crippen LogP contribution in [0.15, 0.2) is 24.3 Å². The average molecular weight is 313 g/mol. The molecule has 0 aliphatic carbocycles. The number of nitrogens with one attached hydrogen (secondary N) is 1. The number of carbonyl (C=O) groups is 1. The first-order valence-corrected chi connectivity index (χ1v) is 7.97. The SMILES string of the molecule is Cc1ccc(C)c([C@@H]2CN(C(=O)c3cc(C)[nH]n3)[C@H](C)CO2)c1. The van der Waals surface area contributed by atoms with E-state index in [0.29, 0.717) is 18.8 Å². The first-order valence-electron chi connectivity index (χ1n) is 7.97. The quantitative estimate of drug-likeness (QED) is 0.927. The highest BCUT2D eigenvalue weighted by Gasteiger charge is 2.32. The lowest BCUT2D eigenvalue weighted by atomic mass is 9.98. The van der Waals surface area contributed by atoms with Crippen LogP contribution in [0.1, 0.15) is 45.9 Å². The van der Waals surface area contributed by atoms with Crippen molar-refractivity contribution in [2.75, 3.05) is 13.2 Å². The zero-order valence-corrected chi connectivity index (χ0v) is 14.1. The molecule has 0 radical (unpaired) electrons. The van der Waals surface area contributed by atoms with E-state index in [0.717, 1.165) is 11.3 Å². The Balaban J connectivity index is 1.84. The van der Waals surface area contributed by atoms with Gasteiger partial charge in [-0.3, -0.25) is 9.89 Å². The van der Waals surface area contributed by atoms with E-state index in [2.05, 4.69) is 42.2 Å². The molecular formula is C18H23N3O2. The van der Waals surface area contributed by atoms with Crippen LogP contribution in [-0.2, 0) is 4.74 Å². The highest BCUT2D eigenvalue weighted by molar-refractivity contribution is 5.92. The minimum absolute atomic E-state index is 0.0412. The number of ether oxygens (including phenoxy) is 1. The van der Waals surface area contributed by atoms with E-state index in [1.54, 1.807) is 6.07 Å². The van der Waals surface area contributed by atoms with Crippen molar-refractivity contribution in [1.82, 2.24) is 15.1 Å². The Bertz CT molecular complexity index is 723. The molecule has 1 aromatic heterocycles. The monoisotopic (exact) mass is 313 g/mol. The summed E-state index contributed by atoms with van der Waals surface area (Å²) in [6, 6.07) is 8.19. The van der Waals surface area contributed by atoms with Crippen LogP contribution in [0.4, 0.5) is 0 Å². The van der Waals surface area contributed by atoms with Gasteiger partial charge < -0.3 is 9.64 Å². The normalized spacial score (nSPS) is 21.5. The largest absolute Gasteiger partial charge is 0.370 e. The number of hydrogen-bond acceptors (Lipinski definition) is 3. The summed E-state index contributed by atoms with van der Waals surface area (Å²) in [5.74, 6) is -0.0412. The minimum atomic E-state index is -0.0879. The van der Waals surface area contributed by atoms with Gasteiger partial charge in [0.1, 0.15) is 11.8 Å². The lowest BCUT2D eigenvalue weighted by Crippen LogP contribution is -2.48.